The Hall–Kier alpha value is -4.39. The summed E-state index contributed by atoms with van der Waals surface area (Å²) < 4.78 is 5.19. The van der Waals surface area contributed by atoms with Gasteiger partial charge in [-0.25, -0.2) is 0 Å². The third kappa shape index (κ3) is 11.6. The molecule has 0 spiro atoms. The number of amides is 1. The van der Waals surface area contributed by atoms with E-state index in [4.69, 9.17) is 4.74 Å². The second-order valence-electron chi connectivity index (χ2n) is 5.64. The van der Waals surface area contributed by atoms with Crippen molar-refractivity contribution < 1.29 is 14.5 Å². The number of nitrogens with one attached hydrogen (secondary N) is 1. The SMILES string of the molecule is C=C=C.C=C=C=C=C=C=C.CC(C)c1nnc(NC(=O)COc2ccccc2[N+](=O)[O-])s1. The van der Waals surface area contributed by atoms with Crippen LogP contribution < -0.4 is 10.1 Å². The average Bonchev–Trinajstić information content (AvgIpc) is 3.23. The minimum Gasteiger partial charge on any atom is -0.477 e. The van der Waals surface area contributed by atoms with E-state index in [1.807, 2.05) is 13.8 Å². The highest BCUT2D eigenvalue weighted by Crippen LogP contribution is 2.26. The van der Waals surface area contributed by atoms with E-state index in [-0.39, 0.29) is 24.0 Å². The number of nitro groups is 1. The predicted molar refractivity (Wildman–Crippen MR) is 125 cm³/mol. The topological polar surface area (TPSA) is 107 Å². The van der Waals surface area contributed by atoms with Crippen LogP contribution in [0.15, 0.2) is 85.0 Å². The van der Waals surface area contributed by atoms with Gasteiger partial charge < -0.3 is 4.74 Å². The van der Waals surface area contributed by atoms with Crippen molar-refractivity contribution in [3.8, 4) is 5.75 Å². The van der Waals surface area contributed by atoms with E-state index >= 15 is 0 Å². The number of ether oxygens (including phenoxy) is 1. The molecule has 0 saturated carbocycles. The number of aromatic nitrogens is 2. The van der Waals surface area contributed by atoms with Gasteiger partial charge in [-0.15, -0.1) is 15.9 Å². The molecule has 0 unspecified atom stereocenters. The van der Waals surface area contributed by atoms with Crippen molar-refractivity contribution >= 4 is 28.1 Å². The molecule has 0 bridgehead atoms. The monoisotopic (exact) mass is 450 g/mol. The van der Waals surface area contributed by atoms with Crippen molar-refractivity contribution in [1.29, 1.82) is 0 Å². The molecular weight excluding hydrogens is 428 g/mol. The number of carbonyl (C=O) groups is 1. The number of rotatable bonds is 6. The summed E-state index contributed by atoms with van der Waals surface area (Å²) in [5, 5.41) is 22.4. The first-order valence-electron chi connectivity index (χ1n) is 8.88. The number of benzene rings is 1. The maximum Gasteiger partial charge on any atom is 0.310 e. The van der Waals surface area contributed by atoms with Crippen LogP contribution in [0.2, 0.25) is 0 Å². The van der Waals surface area contributed by atoms with Gasteiger partial charge >= 0.3 is 5.69 Å². The molecule has 32 heavy (non-hydrogen) atoms. The predicted octanol–water partition coefficient (Wildman–Crippen LogP) is 5.12. The van der Waals surface area contributed by atoms with Crippen LogP contribution in [0.3, 0.4) is 0 Å². The first kappa shape index (κ1) is 27.6. The molecule has 8 nitrogen and oxygen atoms in total. The Labute approximate surface area is 190 Å². The van der Waals surface area contributed by atoms with Gasteiger partial charge in [0.2, 0.25) is 5.13 Å². The first-order chi connectivity index (χ1) is 15.3. The molecule has 9 heteroatoms. The zero-order valence-electron chi connectivity index (χ0n) is 17.8. The molecule has 0 saturated heterocycles. The minimum atomic E-state index is -0.563. The van der Waals surface area contributed by atoms with Gasteiger partial charge in [-0.05, 0) is 36.4 Å². The third-order valence-corrected chi connectivity index (χ3v) is 4.04. The summed E-state index contributed by atoms with van der Waals surface area (Å²) in [6.07, 6.45) is 0. The zero-order chi connectivity index (χ0) is 24.4. The Balaban J connectivity index is 0.000000809. The molecule has 1 heterocycles. The van der Waals surface area contributed by atoms with Crippen LogP contribution in [0.25, 0.3) is 0 Å². The highest BCUT2D eigenvalue weighted by Gasteiger charge is 2.16. The van der Waals surface area contributed by atoms with Crippen LogP contribution in [0.5, 0.6) is 5.75 Å². The maximum absolute atomic E-state index is 11.8. The Morgan fingerprint density at radius 3 is 2.25 bits per heavy atom. The molecule has 0 aliphatic rings. The van der Waals surface area contributed by atoms with Gasteiger partial charge in [0, 0.05) is 12.0 Å². The van der Waals surface area contributed by atoms with E-state index in [9.17, 15) is 14.9 Å². The van der Waals surface area contributed by atoms with Crippen molar-refractivity contribution in [3.63, 3.8) is 0 Å². The van der Waals surface area contributed by atoms with Crippen LogP contribution in [0.4, 0.5) is 10.8 Å². The van der Waals surface area contributed by atoms with E-state index in [0.29, 0.717) is 5.13 Å². The van der Waals surface area contributed by atoms with Crippen LogP contribution in [0, 0.1) is 10.1 Å². The fourth-order valence-corrected chi connectivity index (χ4v) is 2.43. The van der Waals surface area contributed by atoms with E-state index in [1.54, 1.807) is 6.07 Å². The number of para-hydroxylation sites is 2. The highest BCUT2D eigenvalue weighted by atomic mass is 32.1. The fourth-order valence-electron chi connectivity index (χ4n) is 1.67. The van der Waals surface area contributed by atoms with Gasteiger partial charge in [0.25, 0.3) is 5.91 Å². The van der Waals surface area contributed by atoms with E-state index in [0.717, 1.165) is 5.01 Å². The molecule has 1 N–H and O–H groups in total. The number of nitrogens with zero attached hydrogens (tertiary/aromatic N) is 3. The Bertz CT molecular complexity index is 1110. The van der Waals surface area contributed by atoms with Crippen molar-refractivity contribution in [2.24, 2.45) is 0 Å². The summed E-state index contributed by atoms with van der Waals surface area (Å²) >= 11 is 1.28. The lowest BCUT2D eigenvalue weighted by molar-refractivity contribution is -0.385. The summed E-state index contributed by atoms with van der Waals surface area (Å²) in [6, 6.07) is 5.87. The number of nitro benzene ring substituents is 1. The van der Waals surface area contributed by atoms with E-state index in [1.165, 1.54) is 29.5 Å². The standard InChI is InChI=1S/C13H14N4O4S.C7H4.C3H4/c1-8(2)12-15-16-13(22-12)14-11(18)7-21-10-6-4-3-5-9(10)17(19)20;1-3-5-7-6-4-2;1-3-2/h3-6,8H,7H2,1-2H3,(H,14,16,18);1-2H2;1-2H2. The van der Waals surface area contributed by atoms with Crippen LogP contribution in [-0.4, -0.2) is 27.6 Å². The van der Waals surface area contributed by atoms with Crippen molar-refractivity contribution in [3.05, 3.63) is 100 Å². The first-order valence-corrected chi connectivity index (χ1v) is 9.70. The second-order valence-corrected chi connectivity index (χ2v) is 6.65. The molecule has 0 atom stereocenters. The molecule has 1 aromatic carbocycles. The number of anilines is 1. The summed E-state index contributed by atoms with van der Waals surface area (Å²) in [4.78, 5) is 22.0. The van der Waals surface area contributed by atoms with Crippen molar-refractivity contribution in [2.45, 2.75) is 19.8 Å². The lowest BCUT2D eigenvalue weighted by Gasteiger charge is -2.05. The average molecular weight is 451 g/mol. The van der Waals surface area contributed by atoms with Gasteiger partial charge in [0.15, 0.2) is 12.4 Å². The Morgan fingerprint density at radius 1 is 1.16 bits per heavy atom. The fraction of sp³-hybridized carbons (Fsp3) is 0.174. The molecule has 0 aliphatic carbocycles. The molecule has 0 fully saturated rings. The Morgan fingerprint density at radius 2 is 1.75 bits per heavy atom. The van der Waals surface area contributed by atoms with Gasteiger partial charge in [-0.2, -0.15) is 0 Å². The molecular formula is C23H22N4O4S. The van der Waals surface area contributed by atoms with E-state index in [2.05, 4.69) is 76.2 Å². The normalized spacial score (nSPS) is 8.22. The molecule has 1 amide bonds. The Kier molecular flexibility index (Phi) is 14.2. The molecule has 0 aliphatic heterocycles. The number of carbonyl (C=O) groups excluding carboxylic acids is 1. The lowest BCUT2D eigenvalue weighted by atomic mass is 10.2. The summed E-state index contributed by atoms with van der Waals surface area (Å²) in [5.74, 6) is -0.182. The summed E-state index contributed by atoms with van der Waals surface area (Å²) in [7, 11) is 0. The molecule has 2 aromatic rings. The van der Waals surface area contributed by atoms with Crippen LogP contribution >= 0.6 is 11.3 Å². The van der Waals surface area contributed by atoms with Gasteiger partial charge in [-0.3, -0.25) is 20.2 Å². The van der Waals surface area contributed by atoms with Crippen molar-refractivity contribution in [1.82, 2.24) is 10.2 Å². The number of hydrogen-bond donors (Lipinski definition) is 1. The maximum atomic E-state index is 11.8. The quantitative estimate of drug-likeness (QED) is 0.372. The lowest BCUT2D eigenvalue weighted by Crippen LogP contribution is -2.20. The van der Waals surface area contributed by atoms with Gasteiger partial charge in [-0.1, -0.05) is 61.9 Å². The largest absolute Gasteiger partial charge is 0.477 e. The molecule has 2 rings (SSSR count). The van der Waals surface area contributed by atoms with Crippen LogP contribution in [0.1, 0.15) is 24.8 Å². The smallest absolute Gasteiger partial charge is 0.310 e. The van der Waals surface area contributed by atoms with Gasteiger partial charge in [0.1, 0.15) is 5.01 Å². The van der Waals surface area contributed by atoms with E-state index < -0.39 is 10.8 Å². The molecule has 164 valence electrons. The highest BCUT2D eigenvalue weighted by molar-refractivity contribution is 7.15. The minimum absolute atomic E-state index is 0.0442. The number of hydrogen-bond acceptors (Lipinski definition) is 7. The second kappa shape index (κ2) is 16.4. The molecule has 0 radical (unpaired) electrons. The van der Waals surface area contributed by atoms with Crippen LogP contribution in [-0.2, 0) is 4.79 Å². The van der Waals surface area contributed by atoms with Gasteiger partial charge in [0.05, 0.1) is 4.92 Å². The third-order valence-electron chi connectivity index (χ3n) is 2.90. The summed E-state index contributed by atoms with van der Waals surface area (Å²) in [6.45, 7) is 16.3. The zero-order valence-corrected chi connectivity index (χ0v) is 18.6. The summed E-state index contributed by atoms with van der Waals surface area (Å²) in [5.41, 5.74) is 14.1. The molecule has 1 aromatic heterocycles. The van der Waals surface area contributed by atoms with Crippen molar-refractivity contribution in [2.75, 3.05) is 11.9 Å².